The van der Waals surface area contributed by atoms with E-state index in [0.717, 1.165) is 48.6 Å². The molecule has 0 saturated carbocycles. The average Bonchev–Trinajstić information content (AvgIpc) is 3.05. The number of piperazine rings is 1. The molecule has 7 heteroatoms. The minimum absolute atomic E-state index is 0.284. The summed E-state index contributed by atoms with van der Waals surface area (Å²) in [7, 11) is 3.48. The number of aromatic nitrogens is 3. The molecule has 1 saturated heterocycles. The molecule has 0 aliphatic carbocycles. The molecular weight excluding hydrogens is 345 g/mol. The van der Waals surface area contributed by atoms with Gasteiger partial charge in [-0.3, -0.25) is 4.90 Å². The van der Waals surface area contributed by atoms with E-state index in [4.69, 9.17) is 4.74 Å². The predicted octanol–water partition coefficient (Wildman–Crippen LogP) is 2.83. The normalized spacial score (nSPS) is 18.2. The molecule has 1 fully saturated rings. The van der Waals surface area contributed by atoms with Gasteiger partial charge in [-0.2, -0.15) is 0 Å². The van der Waals surface area contributed by atoms with Crippen LogP contribution in [-0.4, -0.2) is 52.2 Å². The standard InChI is InChI=1S/C20H24FN5O/c1-14-11-26(20-16-6-7-24(2)19(16)22-13-23-20)9-8-25(14)12-15-4-5-18(27-3)17(21)10-15/h4-7,10,13-14H,8-9,11-12H2,1-3H3. The number of methoxy groups -OCH3 is 1. The molecule has 2 aromatic heterocycles. The van der Waals surface area contributed by atoms with Gasteiger partial charge in [0.15, 0.2) is 11.6 Å². The first-order valence-corrected chi connectivity index (χ1v) is 9.14. The molecule has 0 N–H and O–H groups in total. The van der Waals surface area contributed by atoms with Crippen LogP contribution in [0.15, 0.2) is 36.8 Å². The van der Waals surface area contributed by atoms with E-state index in [-0.39, 0.29) is 11.6 Å². The van der Waals surface area contributed by atoms with Crippen LogP contribution in [0.5, 0.6) is 5.75 Å². The Hall–Kier alpha value is -2.67. The number of rotatable bonds is 4. The molecule has 0 bridgehead atoms. The largest absolute Gasteiger partial charge is 0.494 e. The van der Waals surface area contributed by atoms with Crippen molar-refractivity contribution in [3.63, 3.8) is 0 Å². The van der Waals surface area contributed by atoms with E-state index in [1.807, 2.05) is 23.9 Å². The van der Waals surface area contributed by atoms with E-state index >= 15 is 0 Å². The number of hydrogen-bond acceptors (Lipinski definition) is 5. The molecule has 142 valence electrons. The number of aryl methyl sites for hydroxylation is 1. The molecule has 1 unspecified atom stereocenters. The second-order valence-corrected chi connectivity index (χ2v) is 7.10. The summed E-state index contributed by atoms with van der Waals surface area (Å²) in [5.41, 5.74) is 1.91. The number of benzene rings is 1. The lowest BCUT2D eigenvalue weighted by Gasteiger charge is -2.40. The van der Waals surface area contributed by atoms with Gasteiger partial charge in [0.2, 0.25) is 0 Å². The van der Waals surface area contributed by atoms with Crippen molar-refractivity contribution in [1.29, 1.82) is 0 Å². The monoisotopic (exact) mass is 369 g/mol. The van der Waals surface area contributed by atoms with Gasteiger partial charge in [0.05, 0.1) is 12.5 Å². The lowest BCUT2D eigenvalue weighted by molar-refractivity contribution is 0.180. The Bertz CT molecular complexity index is 957. The van der Waals surface area contributed by atoms with Gasteiger partial charge in [-0.05, 0) is 30.7 Å². The van der Waals surface area contributed by atoms with Crippen molar-refractivity contribution >= 4 is 16.9 Å². The first kappa shape index (κ1) is 17.7. The molecule has 0 radical (unpaired) electrons. The molecule has 0 amide bonds. The predicted molar refractivity (Wildman–Crippen MR) is 104 cm³/mol. The summed E-state index contributed by atoms with van der Waals surface area (Å²) in [5, 5.41) is 1.08. The highest BCUT2D eigenvalue weighted by molar-refractivity contribution is 5.87. The van der Waals surface area contributed by atoms with E-state index in [0.29, 0.717) is 6.04 Å². The van der Waals surface area contributed by atoms with Gasteiger partial charge in [-0.25, -0.2) is 14.4 Å². The number of halogens is 1. The fourth-order valence-electron chi connectivity index (χ4n) is 3.78. The third-order valence-electron chi connectivity index (χ3n) is 5.31. The number of anilines is 1. The molecule has 0 spiro atoms. The van der Waals surface area contributed by atoms with Crippen molar-refractivity contribution in [3.05, 3.63) is 48.2 Å². The minimum atomic E-state index is -0.311. The quantitative estimate of drug-likeness (QED) is 0.708. The number of fused-ring (bicyclic) bond motifs is 1. The summed E-state index contributed by atoms with van der Waals surface area (Å²) < 4.78 is 21.0. The van der Waals surface area contributed by atoms with E-state index in [1.165, 1.54) is 7.11 Å². The van der Waals surface area contributed by atoms with Crippen molar-refractivity contribution in [2.24, 2.45) is 7.05 Å². The Morgan fingerprint density at radius 2 is 2.07 bits per heavy atom. The van der Waals surface area contributed by atoms with E-state index in [9.17, 15) is 4.39 Å². The van der Waals surface area contributed by atoms with Crippen LogP contribution in [0, 0.1) is 5.82 Å². The molecule has 1 aliphatic rings. The van der Waals surface area contributed by atoms with Crippen LogP contribution in [0.1, 0.15) is 12.5 Å². The fraction of sp³-hybridized carbons (Fsp3) is 0.400. The van der Waals surface area contributed by atoms with Gasteiger partial charge in [0.1, 0.15) is 17.8 Å². The number of ether oxygens (including phenoxy) is 1. The van der Waals surface area contributed by atoms with Gasteiger partial charge < -0.3 is 14.2 Å². The van der Waals surface area contributed by atoms with Crippen LogP contribution in [-0.2, 0) is 13.6 Å². The molecule has 1 aromatic carbocycles. The zero-order valence-electron chi connectivity index (χ0n) is 15.9. The topological polar surface area (TPSA) is 46.4 Å². The second kappa shape index (κ2) is 7.15. The summed E-state index contributed by atoms with van der Waals surface area (Å²) in [6.07, 6.45) is 3.65. The maximum absolute atomic E-state index is 14.0. The number of hydrogen-bond donors (Lipinski definition) is 0. The first-order valence-electron chi connectivity index (χ1n) is 9.14. The molecule has 27 heavy (non-hydrogen) atoms. The summed E-state index contributed by atoms with van der Waals surface area (Å²) in [6.45, 7) is 5.58. The third-order valence-corrected chi connectivity index (χ3v) is 5.31. The minimum Gasteiger partial charge on any atom is -0.494 e. The molecule has 3 heterocycles. The van der Waals surface area contributed by atoms with Crippen LogP contribution in [0.3, 0.4) is 0 Å². The van der Waals surface area contributed by atoms with Gasteiger partial charge in [0, 0.05) is 45.5 Å². The molecule has 6 nitrogen and oxygen atoms in total. The maximum atomic E-state index is 14.0. The lowest BCUT2D eigenvalue weighted by atomic mass is 10.1. The highest BCUT2D eigenvalue weighted by Gasteiger charge is 2.26. The summed E-state index contributed by atoms with van der Waals surface area (Å²) in [6, 6.07) is 7.59. The van der Waals surface area contributed by atoms with Gasteiger partial charge in [0.25, 0.3) is 0 Å². The highest BCUT2D eigenvalue weighted by atomic mass is 19.1. The molecule has 1 aliphatic heterocycles. The summed E-state index contributed by atoms with van der Waals surface area (Å²) in [5.74, 6) is 0.962. The van der Waals surface area contributed by atoms with E-state index < -0.39 is 0 Å². The van der Waals surface area contributed by atoms with Gasteiger partial charge >= 0.3 is 0 Å². The second-order valence-electron chi connectivity index (χ2n) is 7.10. The highest BCUT2D eigenvalue weighted by Crippen LogP contribution is 2.26. The average molecular weight is 369 g/mol. The first-order chi connectivity index (χ1) is 13.1. The Morgan fingerprint density at radius 3 is 2.81 bits per heavy atom. The van der Waals surface area contributed by atoms with Crippen molar-refractivity contribution in [3.8, 4) is 5.75 Å². The van der Waals surface area contributed by atoms with Crippen LogP contribution in [0.2, 0.25) is 0 Å². The van der Waals surface area contributed by atoms with Crippen molar-refractivity contribution < 1.29 is 9.13 Å². The van der Waals surface area contributed by atoms with Crippen LogP contribution in [0.25, 0.3) is 11.0 Å². The van der Waals surface area contributed by atoms with Crippen LogP contribution >= 0.6 is 0 Å². The van der Waals surface area contributed by atoms with Gasteiger partial charge in [-0.15, -0.1) is 0 Å². The third kappa shape index (κ3) is 3.35. The summed E-state index contributed by atoms with van der Waals surface area (Å²) in [4.78, 5) is 13.6. The fourth-order valence-corrected chi connectivity index (χ4v) is 3.78. The molecule has 3 aromatic rings. The Labute approximate surface area is 158 Å². The molecular formula is C20H24FN5O. The lowest BCUT2D eigenvalue weighted by Crippen LogP contribution is -2.51. The van der Waals surface area contributed by atoms with Gasteiger partial charge in [-0.1, -0.05) is 6.07 Å². The Morgan fingerprint density at radius 1 is 1.22 bits per heavy atom. The Balaban J connectivity index is 1.48. The van der Waals surface area contributed by atoms with Crippen molar-refractivity contribution in [2.45, 2.75) is 19.5 Å². The zero-order chi connectivity index (χ0) is 19.0. The molecule has 4 rings (SSSR count). The van der Waals surface area contributed by atoms with Crippen LogP contribution in [0.4, 0.5) is 10.2 Å². The smallest absolute Gasteiger partial charge is 0.165 e. The SMILES string of the molecule is COc1ccc(CN2CCN(c3ncnc4c3ccn4C)CC2C)cc1F. The van der Waals surface area contributed by atoms with Crippen LogP contribution < -0.4 is 9.64 Å². The summed E-state index contributed by atoms with van der Waals surface area (Å²) >= 11 is 0. The number of nitrogens with zero attached hydrogens (tertiary/aromatic N) is 5. The zero-order valence-corrected chi connectivity index (χ0v) is 15.9. The van der Waals surface area contributed by atoms with Crippen molar-refractivity contribution in [1.82, 2.24) is 19.4 Å². The Kier molecular flexibility index (Phi) is 4.70. The maximum Gasteiger partial charge on any atom is 0.165 e. The van der Waals surface area contributed by atoms with E-state index in [2.05, 4.69) is 32.8 Å². The van der Waals surface area contributed by atoms with E-state index in [1.54, 1.807) is 18.5 Å². The molecule has 1 atom stereocenters. The van der Waals surface area contributed by atoms with Crippen molar-refractivity contribution in [2.75, 3.05) is 31.6 Å².